The fourth-order valence-corrected chi connectivity index (χ4v) is 5.87. The van der Waals surface area contributed by atoms with Gasteiger partial charge in [0, 0.05) is 49.1 Å². The van der Waals surface area contributed by atoms with Crippen molar-refractivity contribution in [1.29, 1.82) is 0 Å². The summed E-state index contributed by atoms with van der Waals surface area (Å²) in [6.07, 6.45) is 7.92. The summed E-state index contributed by atoms with van der Waals surface area (Å²) in [6.45, 7) is 3.63. The molecule has 5 nitrogen and oxygen atoms in total. The first-order valence-corrected chi connectivity index (χ1v) is 10.9. The average molecular weight is 396 g/mol. The fraction of sp³-hybridized carbons (Fsp3) is 0.455. The molecular weight excluding hydrogens is 370 g/mol. The lowest BCUT2D eigenvalue weighted by Gasteiger charge is -2.29. The lowest BCUT2D eigenvalue weighted by molar-refractivity contribution is -0.116. The largest absolute Gasteiger partial charge is 0.370 e. The molecule has 4 atom stereocenters. The lowest BCUT2D eigenvalue weighted by atomic mass is 9.73. The van der Waals surface area contributed by atoms with E-state index >= 15 is 0 Å². The number of nitrogens with one attached hydrogen (secondary N) is 1. The van der Waals surface area contributed by atoms with Gasteiger partial charge >= 0.3 is 0 Å². The van der Waals surface area contributed by atoms with Crippen molar-refractivity contribution in [2.24, 2.45) is 11.8 Å². The summed E-state index contributed by atoms with van der Waals surface area (Å²) in [5, 5.41) is 6.32. The summed E-state index contributed by atoms with van der Waals surface area (Å²) in [7, 11) is 0. The van der Waals surface area contributed by atoms with Crippen LogP contribution in [0.2, 0.25) is 0 Å². The Labute approximate surface area is 169 Å². The number of benzene rings is 1. The third kappa shape index (κ3) is 3.41. The van der Waals surface area contributed by atoms with Crippen molar-refractivity contribution >= 4 is 23.3 Å². The van der Waals surface area contributed by atoms with E-state index in [0.717, 1.165) is 38.0 Å². The Bertz CT molecular complexity index is 854. The van der Waals surface area contributed by atoms with Crippen LogP contribution < -0.4 is 5.32 Å². The van der Waals surface area contributed by atoms with Gasteiger partial charge in [-0.25, -0.2) is 4.98 Å². The minimum absolute atomic E-state index is 0.00278. The molecule has 28 heavy (non-hydrogen) atoms. The maximum Gasteiger partial charge on any atom is 0.244 e. The average Bonchev–Trinajstić information content (AvgIpc) is 3.47. The highest BCUT2D eigenvalue weighted by Gasteiger charge is 2.62. The molecule has 3 aliphatic rings. The van der Waals surface area contributed by atoms with Crippen LogP contribution in [0.4, 0.5) is 0 Å². The van der Waals surface area contributed by atoms with Crippen molar-refractivity contribution in [1.82, 2.24) is 15.2 Å². The van der Waals surface area contributed by atoms with Gasteiger partial charge in [-0.05, 0) is 24.5 Å². The number of likely N-dealkylation sites (tertiary alicyclic amines) is 1. The molecule has 0 aliphatic carbocycles. The lowest BCUT2D eigenvalue weighted by Crippen LogP contribution is -2.41. The second-order valence-electron chi connectivity index (χ2n) is 8.11. The molecule has 3 aliphatic heterocycles. The minimum atomic E-state index is -0.0293. The summed E-state index contributed by atoms with van der Waals surface area (Å²) in [4.78, 5) is 19.2. The van der Waals surface area contributed by atoms with Gasteiger partial charge < -0.3 is 10.1 Å². The number of rotatable bonds is 6. The summed E-state index contributed by atoms with van der Waals surface area (Å²) in [5.74, 6) is 0.882. The zero-order valence-corrected chi connectivity index (χ0v) is 16.6. The highest BCUT2D eigenvalue weighted by atomic mass is 32.1. The molecule has 3 saturated heterocycles. The van der Waals surface area contributed by atoms with Crippen molar-refractivity contribution in [3.63, 3.8) is 0 Å². The summed E-state index contributed by atoms with van der Waals surface area (Å²) < 4.78 is 6.48. The van der Waals surface area contributed by atoms with Gasteiger partial charge in [0.15, 0.2) is 0 Å². The van der Waals surface area contributed by atoms with Crippen molar-refractivity contribution in [3.8, 4) is 0 Å². The first-order valence-electron chi connectivity index (χ1n) is 10.0. The molecule has 2 bridgehead atoms. The second kappa shape index (κ2) is 7.43. The van der Waals surface area contributed by atoms with E-state index in [-0.39, 0.29) is 11.5 Å². The molecule has 3 fully saturated rings. The van der Waals surface area contributed by atoms with Gasteiger partial charge in [0.25, 0.3) is 0 Å². The summed E-state index contributed by atoms with van der Waals surface area (Å²) in [6, 6.07) is 9.91. The quantitative estimate of drug-likeness (QED) is 0.764. The highest BCUT2D eigenvalue weighted by Crippen LogP contribution is 2.54. The van der Waals surface area contributed by atoms with Crippen molar-refractivity contribution in [2.75, 3.05) is 19.6 Å². The number of hydrogen-bond acceptors (Lipinski definition) is 5. The normalized spacial score (nSPS) is 31.5. The molecule has 0 radical (unpaired) electrons. The molecule has 0 unspecified atom stereocenters. The van der Waals surface area contributed by atoms with Crippen LogP contribution in [0.3, 0.4) is 0 Å². The highest BCUT2D eigenvalue weighted by molar-refractivity contribution is 7.09. The third-order valence-corrected chi connectivity index (χ3v) is 7.20. The molecule has 1 aromatic carbocycles. The smallest absolute Gasteiger partial charge is 0.244 e. The topological polar surface area (TPSA) is 54.5 Å². The number of hydrogen-bond donors (Lipinski definition) is 1. The minimum Gasteiger partial charge on any atom is -0.370 e. The van der Waals surface area contributed by atoms with E-state index in [2.05, 4.69) is 15.2 Å². The van der Waals surface area contributed by atoms with Gasteiger partial charge in [-0.2, -0.15) is 0 Å². The molecule has 146 valence electrons. The van der Waals surface area contributed by atoms with Gasteiger partial charge in [0.1, 0.15) is 5.01 Å². The van der Waals surface area contributed by atoms with E-state index in [4.69, 9.17) is 4.74 Å². The van der Waals surface area contributed by atoms with E-state index in [1.54, 1.807) is 17.4 Å². The number of carbonyl (C=O) groups is 1. The molecule has 6 heteroatoms. The first-order chi connectivity index (χ1) is 13.7. The molecule has 0 saturated carbocycles. The van der Waals surface area contributed by atoms with Crippen LogP contribution >= 0.6 is 11.3 Å². The second-order valence-corrected chi connectivity index (χ2v) is 9.09. The standard InChI is InChI=1S/C22H25N3O2S/c26-20(7-6-16-4-2-1-3-5-16)24-12-17-18-13-25(14-21-23-10-11-28-21)15-22(18)9-8-19(17)27-22/h1-7,10-11,17-19H,8-9,12-15H2,(H,24,26)/b7-6+/t17-,18+,19+,22+/m0/s1. The predicted octanol–water partition coefficient (Wildman–Crippen LogP) is 2.95. The van der Waals surface area contributed by atoms with Crippen LogP contribution in [0.5, 0.6) is 0 Å². The molecule has 2 aromatic rings. The molecule has 5 rings (SSSR count). The maximum atomic E-state index is 12.3. The third-order valence-electron chi connectivity index (χ3n) is 6.44. The summed E-state index contributed by atoms with van der Waals surface area (Å²) in [5.41, 5.74) is 1.03. The van der Waals surface area contributed by atoms with E-state index in [9.17, 15) is 4.79 Å². The van der Waals surface area contributed by atoms with E-state index in [1.165, 1.54) is 5.01 Å². The molecule has 1 amide bonds. The van der Waals surface area contributed by atoms with E-state index < -0.39 is 0 Å². The van der Waals surface area contributed by atoms with E-state index in [1.807, 2.05) is 48.0 Å². The first kappa shape index (κ1) is 18.0. The number of fused-ring (bicyclic) bond motifs is 1. The van der Waals surface area contributed by atoms with Crippen molar-refractivity contribution < 1.29 is 9.53 Å². The number of thiazole rings is 1. The number of ether oxygens (including phenoxy) is 1. The maximum absolute atomic E-state index is 12.3. The predicted molar refractivity (Wildman–Crippen MR) is 110 cm³/mol. The molecule has 1 spiro atoms. The number of amides is 1. The molecule has 4 heterocycles. The van der Waals surface area contributed by atoms with Crippen LogP contribution in [-0.2, 0) is 16.1 Å². The van der Waals surface area contributed by atoms with Crippen molar-refractivity contribution in [3.05, 3.63) is 58.6 Å². The van der Waals surface area contributed by atoms with Crippen LogP contribution in [0, 0.1) is 11.8 Å². The Balaban J connectivity index is 1.19. The van der Waals surface area contributed by atoms with Crippen LogP contribution in [0.1, 0.15) is 23.4 Å². The Morgan fingerprint density at radius 3 is 3.11 bits per heavy atom. The van der Waals surface area contributed by atoms with Crippen LogP contribution in [0.15, 0.2) is 48.0 Å². The molecule has 1 aromatic heterocycles. The van der Waals surface area contributed by atoms with Gasteiger partial charge in [-0.15, -0.1) is 11.3 Å². The van der Waals surface area contributed by atoms with E-state index in [0.29, 0.717) is 24.5 Å². The fourth-order valence-electron chi connectivity index (χ4n) is 5.22. The molecule has 1 N–H and O–H groups in total. The summed E-state index contributed by atoms with van der Waals surface area (Å²) >= 11 is 1.72. The Morgan fingerprint density at radius 1 is 1.39 bits per heavy atom. The SMILES string of the molecule is O=C(/C=C/c1ccccc1)NC[C@H]1[C@H]2CN(Cc3nccs3)C[C@]23CC[C@H]1O3. The zero-order valence-electron chi connectivity index (χ0n) is 15.8. The van der Waals surface area contributed by atoms with Gasteiger partial charge in [0.05, 0.1) is 18.2 Å². The van der Waals surface area contributed by atoms with Crippen LogP contribution in [-0.4, -0.2) is 47.1 Å². The van der Waals surface area contributed by atoms with Gasteiger partial charge in [-0.1, -0.05) is 30.3 Å². The number of nitrogens with zero attached hydrogens (tertiary/aromatic N) is 2. The Kier molecular flexibility index (Phi) is 4.78. The number of carbonyl (C=O) groups excluding carboxylic acids is 1. The van der Waals surface area contributed by atoms with Gasteiger partial charge in [0.2, 0.25) is 5.91 Å². The van der Waals surface area contributed by atoms with Gasteiger partial charge in [-0.3, -0.25) is 9.69 Å². The molecular formula is C22H25N3O2S. The monoisotopic (exact) mass is 395 g/mol. The van der Waals surface area contributed by atoms with Crippen molar-refractivity contribution in [2.45, 2.75) is 31.1 Å². The zero-order chi connectivity index (χ0) is 19.0. The Morgan fingerprint density at radius 2 is 2.29 bits per heavy atom. The number of aromatic nitrogens is 1. The van der Waals surface area contributed by atoms with Crippen LogP contribution in [0.25, 0.3) is 6.08 Å². The Hall–Kier alpha value is -2.02.